The summed E-state index contributed by atoms with van der Waals surface area (Å²) in [6.45, 7) is 3.14. The Morgan fingerprint density at radius 3 is 2.55 bits per heavy atom. The molecule has 4 heteroatoms. The number of hydrogen-bond donors (Lipinski definition) is 1. The summed E-state index contributed by atoms with van der Waals surface area (Å²) in [6, 6.07) is 3.35. The molecule has 0 saturated carbocycles. The maximum atomic E-state index is 11.0. The third kappa shape index (κ3) is 2.14. The van der Waals surface area contributed by atoms with Crippen LogP contribution in [-0.4, -0.2) is 16.5 Å². The van der Waals surface area contributed by atoms with Gasteiger partial charge in [0.2, 0.25) is 7.37 Å². The number of pyridine rings is 1. The Morgan fingerprint density at radius 2 is 2.18 bits per heavy atom. The third-order valence-electron chi connectivity index (χ3n) is 1.37. The van der Waals surface area contributed by atoms with Crippen LogP contribution in [0.5, 0.6) is 0 Å². The average Bonchev–Trinajstić information content (AvgIpc) is 1.86. The standard InChI is InChI=1S/C7H10NO2P/c1-6-3-4-7(5-8-6)11(2,9)10/h3-5H,1-2H3,(H,9,10). The second-order valence-electron chi connectivity index (χ2n) is 2.54. The Bertz CT molecular complexity index is 288. The molecular formula is C7H10NO2P. The minimum absolute atomic E-state index is 0.406. The number of aryl methyl sites for hydroxylation is 1. The molecule has 1 heterocycles. The predicted octanol–water partition coefficient (Wildman–Crippen LogP) is 0.916. The predicted molar refractivity (Wildman–Crippen MR) is 44.4 cm³/mol. The summed E-state index contributed by atoms with van der Waals surface area (Å²) < 4.78 is 11.0. The van der Waals surface area contributed by atoms with Gasteiger partial charge in [0.05, 0.1) is 5.30 Å². The largest absolute Gasteiger partial charge is 0.341 e. The van der Waals surface area contributed by atoms with Crippen molar-refractivity contribution in [2.45, 2.75) is 6.92 Å². The van der Waals surface area contributed by atoms with Gasteiger partial charge in [0, 0.05) is 18.6 Å². The Morgan fingerprint density at radius 1 is 1.55 bits per heavy atom. The normalized spacial score (nSPS) is 15.9. The molecule has 0 radical (unpaired) electrons. The molecule has 1 aromatic heterocycles. The third-order valence-corrected chi connectivity index (χ3v) is 2.60. The average molecular weight is 171 g/mol. The van der Waals surface area contributed by atoms with Crippen molar-refractivity contribution in [3.05, 3.63) is 24.0 Å². The molecular weight excluding hydrogens is 161 g/mol. The van der Waals surface area contributed by atoms with Crippen LogP contribution in [-0.2, 0) is 4.57 Å². The SMILES string of the molecule is Cc1ccc(P(C)(=O)O)cn1. The molecule has 1 rings (SSSR count). The van der Waals surface area contributed by atoms with Crippen molar-refractivity contribution in [2.24, 2.45) is 0 Å². The first-order valence-corrected chi connectivity index (χ1v) is 5.34. The summed E-state index contributed by atoms with van der Waals surface area (Å²) in [4.78, 5) is 13.0. The van der Waals surface area contributed by atoms with Crippen LogP contribution in [0.15, 0.2) is 18.3 Å². The van der Waals surface area contributed by atoms with Crippen LogP contribution in [0.1, 0.15) is 5.69 Å². The second-order valence-corrected chi connectivity index (χ2v) is 4.81. The molecule has 0 spiro atoms. The molecule has 0 bridgehead atoms. The van der Waals surface area contributed by atoms with E-state index in [0.29, 0.717) is 5.30 Å². The molecule has 0 saturated heterocycles. The Kier molecular flexibility index (Phi) is 2.12. The summed E-state index contributed by atoms with van der Waals surface area (Å²) in [5, 5.41) is 0.406. The Hall–Kier alpha value is -0.660. The molecule has 0 aromatic carbocycles. The van der Waals surface area contributed by atoms with Crippen LogP contribution >= 0.6 is 7.37 Å². The lowest BCUT2D eigenvalue weighted by molar-refractivity contribution is 0.496. The van der Waals surface area contributed by atoms with Gasteiger partial charge in [-0.05, 0) is 19.1 Å². The highest BCUT2D eigenvalue weighted by molar-refractivity contribution is 7.65. The van der Waals surface area contributed by atoms with E-state index >= 15 is 0 Å². The van der Waals surface area contributed by atoms with E-state index < -0.39 is 7.37 Å². The molecule has 0 fully saturated rings. The van der Waals surface area contributed by atoms with Gasteiger partial charge in [0.25, 0.3) is 0 Å². The minimum Gasteiger partial charge on any atom is -0.341 e. The summed E-state index contributed by atoms with van der Waals surface area (Å²) >= 11 is 0. The molecule has 11 heavy (non-hydrogen) atoms. The number of rotatable bonds is 1. The van der Waals surface area contributed by atoms with Gasteiger partial charge in [-0.2, -0.15) is 0 Å². The zero-order chi connectivity index (χ0) is 8.48. The van der Waals surface area contributed by atoms with Crippen molar-refractivity contribution in [3.8, 4) is 0 Å². The fourth-order valence-corrected chi connectivity index (χ4v) is 1.33. The Balaban J connectivity index is 3.09. The van der Waals surface area contributed by atoms with Crippen LogP contribution < -0.4 is 5.30 Å². The van der Waals surface area contributed by atoms with E-state index in [0.717, 1.165) is 5.69 Å². The summed E-state index contributed by atoms with van der Waals surface area (Å²) in [7, 11) is -3.10. The fourth-order valence-electron chi connectivity index (χ4n) is 0.705. The molecule has 0 amide bonds. The van der Waals surface area contributed by atoms with E-state index in [1.54, 1.807) is 12.1 Å². The van der Waals surface area contributed by atoms with Gasteiger partial charge in [-0.1, -0.05) is 0 Å². The van der Waals surface area contributed by atoms with Gasteiger partial charge >= 0.3 is 0 Å². The van der Waals surface area contributed by atoms with Crippen LogP contribution in [0.4, 0.5) is 0 Å². The first-order chi connectivity index (χ1) is 5.00. The zero-order valence-corrected chi connectivity index (χ0v) is 7.38. The smallest absolute Gasteiger partial charge is 0.228 e. The maximum absolute atomic E-state index is 11.0. The van der Waals surface area contributed by atoms with Gasteiger partial charge in [-0.15, -0.1) is 0 Å². The molecule has 3 nitrogen and oxygen atoms in total. The highest BCUT2D eigenvalue weighted by Gasteiger charge is 2.12. The van der Waals surface area contributed by atoms with E-state index in [9.17, 15) is 4.57 Å². The van der Waals surface area contributed by atoms with Crippen LogP contribution in [0.25, 0.3) is 0 Å². The first kappa shape index (κ1) is 8.44. The van der Waals surface area contributed by atoms with E-state index in [1.807, 2.05) is 6.92 Å². The quantitative estimate of drug-likeness (QED) is 0.639. The van der Waals surface area contributed by atoms with Gasteiger partial charge in [0.1, 0.15) is 0 Å². The first-order valence-electron chi connectivity index (χ1n) is 3.23. The van der Waals surface area contributed by atoms with Gasteiger partial charge < -0.3 is 4.89 Å². The second kappa shape index (κ2) is 2.76. The molecule has 0 aliphatic rings. The highest BCUT2D eigenvalue weighted by atomic mass is 31.2. The maximum Gasteiger partial charge on any atom is 0.228 e. The molecule has 1 unspecified atom stereocenters. The van der Waals surface area contributed by atoms with E-state index in [4.69, 9.17) is 4.89 Å². The van der Waals surface area contributed by atoms with Crippen molar-refractivity contribution in [2.75, 3.05) is 6.66 Å². The highest BCUT2D eigenvalue weighted by Crippen LogP contribution is 2.32. The zero-order valence-electron chi connectivity index (χ0n) is 6.48. The lowest BCUT2D eigenvalue weighted by Crippen LogP contribution is -2.03. The van der Waals surface area contributed by atoms with E-state index in [1.165, 1.54) is 12.9 Å². The van der Waals surface area contributed by atoms with Crippen molar-refractivity contribution in [1.29, 1.82) is 0 Å². The van der Waals surface area contributed by atoms with Crippen molar-refractivity contribution in [3.63, 3.8) is 0 Å². The number of hydrogen-bond acceptors (Lipinski definition) is 2. The molecule has 0 aliphatic heterocycles. The minimum atomic E-state index is -3.10. The number of aromatic nitrogens is 1. The van der Waals surface area contributed by atoms with Gasteiger partial charge in [-0.3, -0.25) is 9.55 Å². The molecule has 1 N–H and O–H groups in total. The van der Waals surface area contributed by atoms with Crippen LogP contribution in [0.3, 0.4) is 0 Å². The lowest BCUT2D eigenvalue weighted by Gasteiger charge is -2.03. The van der Waals surface area contributed by atoms with E-state index in [-0.39, 0.29) is 0 Å². The molecule has 1 atom stereocenters. The van der Waals surface area contributed by atoms with E-state index in [2.05, 4.69) is 4.98 Å². The van der Waals surface area contributed by atoms with Crippen molar-refractivity contribution < 1.29 is 9.46 Å². The van der Waals surface area contributed by atoms with Crippen molar-refractivity contribution >= 4 is 12.7 Å². The van der Waals surface area contributed by atoms with Gasteiger partial charge in [-0.25, -0.2) is 0 Å². The van der Waals surface area contributed by atoms with Gasteiger partial charge in [0.15, 0.2) is 0 Å². The molecule has 0 aliphatic carbocycles. The molecule has 1 aromatic rings. The lowest BCUT2D eigenvalue weighted by atomic mass is 10.4. The Labute approximate surface area is 65.6 Å². The van der Waals surface area contributed by atoms with Crippen LogP contribution in [0.2, 0.25) is 0 Å². The fraction of sp³-hybridized carbons (Fsp3) is 0.286. The monoisotopic (exact) mass is 171 g/mol. The topological polar surface area (TPSA) is 50.2 Å². The molecule has 60 valence electrons. The summed E-state index contributed by atoms with van der Waals surface area (Å²) in [5.41, 5.74) is 0.849. The number of nitrogens with zero attached hydrogens (tertiary/aromatic N) is 1. The summed E-state index contributed by atoms with van der Waals surface area (Å²) in [5.74, 6) is 0. The van der Waals surface area contributed by atoms with Crippen LogP contribution in [0, 0.1) is 6.92 Å². The summed E-state index contributed by atoms with van der Waals surface area (Å²) in [6.07, 6.45) is 1.44. The van der Waals surface area contributed by atoms with Crippen molar-refractivity contribution in [1.82, 2.24) is 4.98 Å².